The number of halogens is 4. The molecule has 3 heterocycles. The van der Waals surface area contributed by atoms with Crippen LogP contribution in [-0.4, -0.2) is 14.6 Å². The van der Waals surface area contributed by atoms with Gasteiger partial charge in [0.2, 0.25) is 5.28 Å². The first-order valence-electron chi connectivity index (χ1n) is 5.42. The first-order valence-corrected chi connectivity index (χ1v) is 7.47. The molecule has 3 rings (SSSR count). The fraction of sp³-hybridized carbons (Fsp3) is 0.0909. The standard InChI is InChI=1S/C11H6BrClF2N4S/c12-5-4-19-9(8(5)15)10(17-11(13)18-19)16-3-7-6(14)1-2-20-7/h1-2,4H,3H2,(H,16,17,18). The number of nitrogens with one attached hydrogen (secondary N) is 1. The second kappa shape index (κ2) is 5.27. The molecule has 0 aliphatic carbocycles. The largest absolute Gasteiger partial charge is 0.363 e. The Balaban J connectivity index is 2.00. The summed E-state index contributed by atoms with van der Waals surface area (Å²) >= 11 is 10.1. The van der Waals surface area contributed by atoms with E-state index in [1.54, 1.807) is 5.38 Å². The molecule has 0 aliphatic rings. The molecule has 0 saturated heterocycles. The van der Waals surface area contributed by atoms with Gasteiger partial charge in [-0.05, 0) is 39.0 Å². The van der Waals surface area contributed by atoms with Crippen molar-refractivity contribution in [2.75, 3.05) is 5.32 Å². The van der Waals surface area contributed by atoms with Gasteiger partial charge in [-0.1, -0.05) is 0 Å². The van der Waals surface area contributed by atoms with Gasteiger partial charge in [-0.3, -0.25) is 0 Å². The zero-order valence-corrected chi connectivity index (χ0v) is 12.9. The third-order valence-corrected chi connectivity index (χ3v) is 4.22. The van der Waals surface area contributed by atoms with Crippen LogP contribution in [0.4, 0.5) is 14.6 Å². The maximum absolute atomic E-state index is 14.0. The summed E-state index contributed by atoms with van der Waals surface area (Å²) in [5, 5.41) is 8.36. The molecule has 0 saturated carbocycles. The van der Waals surface area contributed by atoms with Crippen LogP contribution in [0, 0.1) is 11.6 Å². The second-order valence-corrected chi connectivity index (χ2v) is 6.05. The molecule has 0 aromatic carbocycles. The Morgan fingerprint density at radius 3 is 2.95 bits per heavy atom. The van der Waals surface area contributed by atoms with Gasteiger partial charge in [0.15, 0.2) is 11.6 Å². The van der Waals surface area contributed by atoms with E-state index in [0.717, 1.165) is 0 Å². The lowest BCUT2D eigenvalue weighted by Gasteiger charge is -2.06. The molecule has 0 radical (unpaired) electrons. The fourth-order valence-electron chi connectivity index (χ4n) is 1.73. The molecule has 104 valence electrons. The number of anilines is 1. The van der Waals surface area contributed by atoms with E-state index >= 15 is 0 Å². The average Bonchev–Trinajstić information content (AvgIpc) is 2.91. The molecule has 0 aliphatic heterocycles. The summed E-state index contributed by atoms with van der Waals surface area (Å²) in [6.07, 6.45) is 1.44. The van der Waals surface area contributed by atoms with E-state index < -0.39 is 5.82 Å². The van der Waals surface area contributed by atoms with Gasteiger partial charge in [0.05, 0.1) is 15.9 Å². The van der Waals surface area contributed by atoms with Gasteiger partial charge in [-0.25, -0.2) is 13.3 Å². The minimum atomic E-state index is -0.504. The van der Waals surface area contributed by atoms with Gasteiger partial charge in [0.1, 0.15) is 11.3 Å². The number of rotatable bonds is 3. The molecule has 0 amide bonds. The summed E-state index contributed by atoms with van der Waals surface area (Å²) in [4.78, 5) is 4.45. The number of thiophene rings is 1. The molecule has 0 fully saturated rings. The molecule has 0 unspecified atom stereocenters. The highest BCUT2D eigenvalue weighted by Gasteiger charge is 2.16. The Labute approximate surface area is 129 Å². The van der Waals surface area contributed by atoms with Gasteiger partial charge in [0, 0.05) is 6.20 Å². The van der Waals surface area contributed by atoms with Gasteiger partial charge in [-0.2, -0.15) is 4.98 Å². The number of nitrogens with zero attached hydrogens (tertiary/aromatic N) is 3. The van der Waals surface area contributed by atoms with Crippen LogP contribution in [0.15, 0.2) is 22.1 Å². The molecule has 4 nitrogen and oxygen atoms in total. The van der Waals surface area contributed by atoms with Crippen LogP contribution in [-0.2, 0) is 6.54 Å². The van der Waals surface area contributed by atoms with Crippen molar-refractivity contribution in [2.45, 2.75) is 6.54 Å². The lowest BCUT2D eigenvalue weighted by atomic mass is 10.4. The number of hydrogen-bond acceptors (Lipinski definition) is 4. The fourth-order valence-corrected chi connectivity index (χ4v) is 2.96. The molecule has 0 bridgehead atoms. The monoisotopic (exact) mass is 378 g/mol. The van der Waals surface area contributed by atoms with Gasteiger partial charge < -0.3 is 5.32 Å². The van der Waals surface area contributed by atoms with E-state index in [1.165, 1.54) is 28.1 Å². The van der Waals surface area contributed by atoms with Gasteiger partial charge >= 0.3 is 0 Å². The first kappa shape index (κ1) is 13.7. The molecule has 3 aromatic heterocycles. The number of hydrogen-bond donors (Lipinski definition) is 1. The summed E-state index contributed by atoms with van der Waals surface area (Å²) in [6, 6.07) is 1.37. The highest BCUT2D eigenvalue weighted by atomic mass is 79.9. The lowest BCUT2D eigenvalue weighted by Crippen LogP contribution is -2.06. The van der Waals surface area contributed by atoms with Crippen LogP contribution in [0.3, 0.4) is 0 Å². The maximum Gasteiger partial charge on any atom is 0.243 e. The summed E-state index contributed by atoms with van der Waals surface area (Å²) in [6.45, 7) is 0.189. The molecule has 1 N–H and O–H groups in total. The Morgan fingerprint density at radius 1 is 1.45 bits per heavy atom. The molecule has 20 heavy (non-hydrogen) atoms. The third kappa shape index (κ3) is 2.38. The molecular formula is C11H6BrClF2N4S. The molecular weight excluding hydrogens is 374 g/mol. The van der Waals surface area contributed by atoms with Crippen LogP contribution in [0.2, 0.25) is 5.28 Å². The first-order chi connectivity index (χ1) is 9.56. The molecule has 3 aromatic rings. The van der Waals surface area contributed by atoms with Crippen LogP contribution in [0.1, 0.15) is 4.88 Å². The van der Waals surface area contributed by atoms with Crippen LogP contribution in [0.25, 0.3) is 5.52 Å². The van der Waals surface area contributed by atoms with E-state index in [9.17, 15) is 8.78 Å². The number of fused-ring (bicyclic) bond motifs is 1. The normalized spacial score (nSPS) is 11.2. The topological polar surface area (TPSA) is 42.2 Å². The van der Waals surface area contributed by atoms with E-state index in [0.29, 0.717) is 4.88 Å². The predicted molar refractivity (Wildman–Crippen MR) is 77.3 cm³/mol. The smallest absolute Gasteiger partial charge is 0.243 e. The lowest BCUT2D eigenvalue weighted by molar-refractivity contribution is 0.620. The highest BCUT2D eigenvalue weighted by molar-refractivity contribution is 9.10. The van der Waals surface area contributed by atoms with Crippen molar-refractivity contribution in [2.24, 2.45) is 0 Å². The Kier molecular flexibility index (Phi) is 3.61. The molecule has 0 atom stereocenters. The van der Waals surface area contributed by atoms with E-state index in [1.807, 2.05) is 0 Å². The van der Waals surface area contributed by atoms with Gasteiger partial charge in [0.25, 0.3) is 0 Å². The second-order valence-electron chi connectivity index (χ2n) is 3.86. The van der Waals surface area contributed by atoms with Crippen molar-refractivity contribution in [3.63, 3.8) is 0 Å². The summed E-state index contributed by atoms with van der Waals surface area (Å²) in [5.41, 5.74) is 0.151. The zero-order chi connectivity index (χ0) is 14.3. The van der Waals surface area contributed by atoms with Crippen molar-refractivity contribution in [3.8, 4) is 0 Å². The Hall–Kier alpha value is -1.25. The van der Waals surface area contributed by atoms with Crippen LogP contribution < -0.4 is 5.32 Å². The van der Waals surface area contributed by atoms with Crippen LogP contribution >= 0.6 is 38.9 Å². The van der Waals surface area contributed by atoms with Crippen molar-refractivity contribution in [3.05, 3.63) is 43.9 Å². The van der Waals surface area contributed by atoms with Crippen molar-refractivity contribution in [1.82, 2.24) is 14.6 Å². The minimum Gasteiger partial charge on any atom is -0.363 e. The van der Waals surface area contributed by atoms with Crippen molar-refractivity contribution in [1.29, 1.82) is 0 Å². The highest BCUT2D eigenvalue weighted by Crippen LogP contribution is 2.27. The number of aromatic nitrogens is 3. The zero-order valence-electron chi connectivity index (χ0n) is 9.70. The predicted octanol–water partition coefficient (Wildman–Crippen LogP) is 4.10. The quantitative estimate of drug-likeness (QED) is 0.745. The Bertz CT molecular complexity index is 788. The minimum absolute atomic E-state index is 0.0332. The summed E-state index contributed by atoms with van der Waals surface area (Å²) < 4.78 is 28.9. The maximum atomic E-state index is 14.0. The van der Waals surface area contributed by atoms with E-state index in [-0.39, 0.29) is 33.5 Å². The summed E-state index contributed by atoms with van der Waals surface area (Å²) in [5.74, 6) is -0.604. The van der Waals surface area contributed by atoms with E-state index in [2.05, 4.69) is 31.3 Å². The molecule has 0 spiro atoms. The van der Waals surface area contributed by atoms with Crippen LogP contribution in [0.5, 0.6) is 0 Å². The van der Waals surface area contributed by atoms with Gasteiger partial charge in [-0.15, -0.1) is 16.4 Å². The SMILES string of the molecule is Fc1ccsc1CNc1nc(Cl)nn2cc(Br)c(F)c12. The summed E-state index contributed by atoms with van der Waals surface area (Å²) in [7, 11) is 0. The van der Waals surface area contributed by atoms with E-state index in [4.69, 9.17) is 11.6 Å². The van der Waals surface area contributed by atoms with Crippen molar-refractivity contribution >= 4 is 50.2 Å². The van der Waals surface area contributed by atoms with Crippen molar-refractivity contribution < 1.29 is 8.78 Å². The molecule has 9 heteroatoms. The average molecular weight is 380 g/mol. The third-order valence-electron chi connectivity index (χ3n) is 2.61. The Morgan fingerprint density at radius 2 is 2.25 bits per heavy atom.